The Morgan fingerprint density at radius 3 is 2.20 bits per heavy atom. The van der Waals surface area contributed by atoms with Crippen LogP contribution in [0.1, 0.15) is 0 Å². The molecule has 0 fully saturated rings. The zero-order valence-electron chi connectivity index (χ0n) is 5.61. The molecule has 0 bridgehead atoms. The molecule has 0 amide bonds. The molecule has 1 heterocycles. The molecule has 6 heteroatoms. The van der Waals surface area contributed by atoms with Crippen LogP contribution < -0.4 is 51.4 Å². The monoisotopic (exact) mass is 192 g/mol. The minimum absolute atomic E-state index is 0. The van der Waals surface area contributed by atoms with Gasteiger partial charge in [0.2, 0.25) is 0 Å². The molecule has 0 aromatic carbocycles. The van der Waals surface area contributed by atoms with Crippen LogP contribution in [0.25, 0.3) is 0 Å². The summed E-state index contributed by atoms with van der Waals surface area (Å²) in [6.45, 7) is -4.67. The molecule has 0 radical (unpaired) electrons. The average Bonchev–Trinajstić information content (AvgIpc) is 2.08. The van der Waals surface area contributed by atoms with Crippen molar-refractivity contribution in [1.82, 2.24) is 0 Å². The normalized spacial score (nSPS) is 18.1. The van der Waals surface area contributed by atoms with Crippen molar-refractivity contribution in [3.63, 3.8) is 0 Å². The zero-order valence-corrected chi connectivity index (χ0v) is 9.55. The van der Waals surface area contributed by atoms with Crippen LogP contribution in [-0.2, 0) is 0 Å². The van der Waals surface area contributed by atoms with Crippen LogP contribution in [0.15, 0.2) is 11.5 Å². The van der Waals surface area contributed by atoms with Crippen LogP contribution in [0.4, 0.5) is 12.9 Å². The molecule has 0 aliphatic carbocycles. The number of rotatable bonds is 1. The summed E-state index contributed by atoms with van der Waals surface area (Å²) < 4.78 is 35.2. The second-order valence-electron chi connectivity index (χ2n) is 1.87. The van der Waals surface area contributed by atoms with E-state index in [9.17, 15) is 12.9 Å². The first-order valence-corrected chi connectivity index (χ1v) is 3.73. The first-order valence-electron chi connectivity index (χ1n) is 2.57. The molecule has 52 valence electrons. The maximum atomic E-state index is 11.7. The van der Waals surface area contributed by atoms with Gasteiger partial charge in [-0.2, -0.15) is 11.8 Å². The smallest absolute Gasteiger partial charge is 0.445 e. The van der Waals surface area contributed by atoms with Gasteiger partial charge in [0.15, 0.2) is 0 Å². The largest absolute Gasteiger partial charge is 1.00 e. The van der Waals surface area contributed by atoms with E-state index in [1.165, 1.54) is 17.8 Å². The standard InChI is InChI=1S/C4H5BF3S.K/c6-5(7,8)4-1-2-9-3-4;/h1H,2-3H2;/q-1;+1. The van der Waals surface area contributed by atoms with E-state index in [4.69, 9.17) is 0 Å². The van der Waals surface area contributed by atoms with Crippen molar-refractivity contribution in [2.24, 2.45) is 0 Å². The van der Waals surface area contributed by atoms with Crippen LogP contribution in [0.5, 0.6) is 0 Å². The van der Waals surface area contributed by atoms with Crippen molar-refractivity contribution in [1.29, 1.82) is 0 Å². The fourth-order valence-corrected chi connectivity index (χ4v) is 1.62. The van der Waals surface area contributed by atoms with Gasteiger partial charge in [-0.25, -0.2) is 0 Å². The molecule has 0 atom stereocenters. The molecule has 1 aliphatic heterocycles. The van der Waals surface area contributed by atoms with Gasteiger partial charge in [-0.3, -0.25) is 0 Å². The fourth-order valence-electron chi connectivity index (χ4n) is 0.630. The Kier molecular flexibility index (Phi) is 5.29. The third-order valence-electron chi connectivity index (χ3n) is 1.15. The summed E-state index contributed by atoms with van der Waals surface area (Å²) in [6.07, 6.45) is 1.27. The van der Waals surface area contributed by atoms with Gasteiger partial charge >= 0.3 is 58.4 Å². The number of halogens is 3. The van der Waals surface area contributed by atoms with E-state index in [1.54, 1.807) is 0 Å². The second-order valence-corrected chi connectivity index (χ2v) is 2.90. The summed E-state index contributed by atoms with van der Waals surface area (Å²) in [4.78, 5) is 0. The van der Waals surface area contributed by atoms with Gasteiger partial charge in [-0.05, 0) is 5.75 Å². The molecule has 0 saturated heterocycles. The Bertz CT molecular complexity index is 144. The maximum absolute atomic E-state index is 11.7. The van der Waals surface area contributed by atoms with E-state index in [0.717, 1.165) is 0 Å². The van der Waals surface area contributed by atoms with Gasteiger partial charge in [0.25, 0.3) is 0 Å². The molecular weight excluding hydrogens is 187 g/mol. The molecule has 0 aromatic rings. The minimum atomic E-state index is -4.67. The van der Waals surface area contributed by atoms with Crippen molar-refractivity contribution in [2.75, 3.05) is 11.5 Å². The molecule has 10 heavy (non-hydrogen) atoms. The van der Waals surface area contributed by atoms with Crippen molar-refractivity contribution < 1.29 is 64.3 Å². The first kappa shape index (κ1) is 11.6. The summed E-state index contributed by atoms with van der Waals surface area (Å²) in [6, 6.07) is 0. The van der Waals surface area contributed by atoms with E-state index in [0.29, 0.717) is 5.75 Å². The van der Waals surface area contributed by atoms with E-state index in [1.807, 2.05) is 0 Å². The van der Waals surface area contributed by atoms with Crippen LogP contribution >= 0.6 is 11.8 Å². The van der Waals surface area contributed by atoms with Crippen molar-refractivity contribution in [3.8, 4) is 0 Å². The Morgan fingerprint density at radius 1 is 1.40 bits per heavy atom. The number of hydrogen-bond donors (Lipinski definition) is 0. The van der Waals surface area contributed by atoms with E-state index in [2.05, 4.69) is 0 Å². The van der Waals surface area contributed by atoms with E-state index in [-0.39, 0.29) is 62.6 Å². The third-order valence-corrected chi connectivity index (χ3v) is 2.09. The average molecular weight is 192 g/mol. The van der Waals surface area contributed by atoms with Crippen molar-refractivity contribution in [3.05, 3.63) is 11.5 Å². The van der Waals surface area contributed by atoms with Gasteiger partial charge in [0, 0.05) is 5.75 Å². The molecule has 1 rings (SSSR count). The van der Waals surface area contributed by atoms with Gasteiger partial charge in [-0.1, -0.05) is 0 Å². The molecule has 0 spiro atoms. The zero-order chi connectivity index (χ0) is 6.91. The Morgan fingerprint density at radius 2 is 2.00 bits per heavy atom. The minimum Gasteiger partial charge on any atom is -0.445 e. The molecule has 0 aromatic heterocycles. The van der Waals surface area contributed by atoms with Crippen molar-refractivity contribution in [2.45, 2.75) is 0 Å². The van der Waals surface area contributed by atoms with Gasteiger partial charge in [0.05, 0.1) is 0 Å². The van der Waals surface area contributed by atoms with Crippen LogP contribution in [0.3, 0.4) is 0 Å². The van der Waals surface area contributed by atoms with Crippen LogP contribution in [0.2, 0.25) is 0 Å². The van der Waals surface area contributed by atoms with Gasteiger partial charge in [-0.15, -0.1) is 11.5 Å². The SMILES string of the molecule is F[B-](F)(F)C1=CCSC1.[K+]. The summed E-state index contributed by atoms with van der Waals surface area (Å²) in [7, 11) is 0. The second kappa shape index (κ2) is 4.57. The van der Waals surface area contributed by atoms with Gasteiger partial charge in [0.1, 0.15) is 0 Å². The molecule has 1 aliphatic rings. The quantitative estimate of drug-likeness (QED) is 0.483. The molecule has 0 nitrogen and oxygen atoms in total. The molecule has 0 N–H and O–H groups in total. The summed E-state index contributed by atoms with van der Waals surface area (Å²) in [5.74, 6) is 0.681. The van der Waals surface area contributed by atoms with E-state index < -0.39 is 6.98 Å². The van der Waals surface area contributed by atoms with Gasteiger partial charge < -0.3 is 12.9 Å². The Labute approximate surface area is 104 Å². The van der Waals surface area contributed by atoms with Crippen LogP contribution in [0, 0.1) is 0 Å². The molecule has 0 saturated carbocycles. The fraction of sp³-hybridized carbons (Fsp3) is 0.500. The van der Waals surface area contributed by atoms with Crippen LogP contribution in [-0.4, -0.2) is 18.5 Å². The molecular formula is C4H5BF3KS. The summed E-state index contributed by atoms with van der Waals surface area (Å²) >= 11 is 1.31. The Balaban J connectivity index is 0.000000810. The first-order chi connectivity index (χ1) is 4.11. The number of thioether (sulfide) groups is 1. The topological polar surface area (TPSA) is 0 Å². The maximum Gasteiger partial charge on any atom is 1.00 e. The molecule has 0 unspecified atom stereocenters. The summed E-state index contributed by atoms with van der Waals surface area (Å²) in [5.41, 5.74) is -0.319. The van der Waals surface area contributed by atoms with Crippen molar-refractivity contribution >= 4 is 18.7 Å². The summed E-state index contributed by atoms with van der Waals surface area (Å²) in [5, 5.41) is 0. The predicted molar refractivity (Wildman–Crippen MR) is 34.5 cm³/mol. The predicted octanol–water partition coefficient (Wildman–Crippen LogP) is -0.950. The Hall–Kier alpha value is 1.58. The van der Waals surface area contributed by atoms with E-state index >= 15 is 0 Å². The third kappa shape index (κ3) is 3.32. The number of hydrogen-bond acceptors (Lipinski definition) is 1.